The quantitative estimate of drug-likeness (QED) is 0.883. The lowest BCUT2D eigenvalue weighted by Crippen LogP contribution is -2.10. The van der Waals surface area contributed by atoms with Crippen LogP contribution in [0.4, 0.5) is 0 Å². The molecule has 0 bridgehead atoms. The summed E-state index contributed by atoms with van der Waals surface area (Å²) >= 11 is 0. The van der Waals surface area contributed by atoms with Gasteiger partial charge in [0.15, 0.2) is 5.69 Å². The number of hydrogen-bond acceptors (Lipinski definition) is 4. The molecule has 6 nitrogen and oxygen atoms in total. The zero-order valence-electron chi connectivity index (χ0n) is 10.3. The van der Waals surface area contributed by atoms with Crippen LogP contribution < -0.4 is 0 Å². The molecule has 0 fully saturated rings. The summed E-state index contributed by atoms with van der Waals surface area (Å²) in [5.74, 6) is -0.772. The summed E-state index contributed by atoms with van der Waals surface area (Å²) in [7, 11) is 0. The third-order valence-electron chi connectivity index (χ3n) is 2.61. The van der Waals surface area contributed by atoms with E-state index in [4.69, 9.17) is 5.11 Å². The maximum atomic E-state index is 10.9. The average molecular weight is 246 g/mol. The Bertz CT molecular complexity index is 577. The van der Waals surface area contributed by atoms with Crippen molar-refractivity contribution in [3.8, 4) is 5.95 Å². The van der Waals surface area contributed by atoms with Crippen molar-refractivity contribution in [2.75, 3.05) is 0 Å². The fourth-order valence-corrected chi connectivity index (χ4v) is 1.64. The Morgan fingerprint density at radius 1 is 1.39 bits per heavy atom. The van der Waals surface area contributed by atoms with Gasteiger partial charge in [0, 0.05) is 11.9 Å². The lowest BCUT2D eigenvalue weighted by molar-refractivity contribution is 0.0690. The van der Waals surface area contributed by atoms with E-state index in [1.54, 1.807) is 4.68 Å². The smallest absolute Gasteiger partial charge is 0.354 e. The number of aryl methyl sites for hydroxylation is 2. The minimum Gasteiger partial charge on any atom is -0.477 e. The highest BCUT2D eigenvalue weighted by atomic mass is 16.4. The zero-order valence-corrected chi connectivity index (χ0v) is 10.3. The zero-order chi connectivity index (χ0) is 13.1. The van der Waals surface area contributed by atoms with E-state index >= 15 is 0 Å². The predicted octanol–water partition coefficient (Wildman–Crippen LogP) is 1.49. The van der Waals surface area contributed by atoms with Crippen LogP contribution in [0, 0.1) is 0 Å². The van der Waals surface area contributed by atoms with E-state index in [1.165, 1.54) is 12.3 Å². The van der Waals surface area contributed by atoms with Crippen LogP contribution in [0.1, 0.15) is 35.7 Å². The second kappa shape index (κ2) is 4.95. The average Bonchev–Trinajstić information content (AvgIpc) is 2.82. The number of hydrogen-bond donors (Lipinski definition) is 1. The van der Waals surface area contributed by atoms with Gasteiger partial charge in [0.25, 0.3) is 5.95 Å². The molecule has 0 atom stereocenters. The highest BCUT2D eigenvalue weighted by Gasteiger charge is 2.12. The van der Waals surface area contributed by atoms with Crippen molar-refractivity contribution in [2.24, 2.45) is 0 Å². The van der Waals surface area contributed by atoms with Crippen molar-refractivity contribution in [3.05, 3.63) is 35.4 Å². The van der Waals surface area contributed by atoms with Gasteiger partial charge >= 0.3 is 5.97 Å². The van der Waals surface area contributed by atoms with Gasteiger partial charge in [-0.2, -0.15) is 5.10 Å². The van der Waals surface area contributed by atoms with E-state index in [0.717, 1.165) is 24.2 Å². The molecule has 18 heavy (non-hydrogen) atoms. The standard InChI is InChI=1S/C12H14N4O2/c1-3-8-7-9(4-2)16(15-8)12-13-6-5-10(14-12)11(17)18/h5-7H,3-4H2,1-2H3,(H,17,18). The van der Waals surface area contributed by atoms with E-state index in [9.17, 15) is 4.79 Å². The molecule has 0 amide bonds. The largest absolute Gasteiger partial charge is 0.477 e. The molecular formula is C12H14N4O2. The van der Waals surface area contributed by atoms with Gasteiger partial charge in [-0.25, -0.2) is 19.4 Å². The summed E-state index contributed by atoms with van der Waals surface area (Å²) in [5, 5.41) is 13.3. The molecule has 94 valence electrons. The fourth-order valence-electron chi connectivity index (χ4n) is 1.64. The molecular weight excluding hydrogens is 232 g/mol. The lowest BCUT2D eigenvalue weighted by atomic mass is 10.3. The number of carboxylic acid groups (broad SMARTS) is 1. The Morgan fingerprint density at radius 3 is 2.78 bits per heavy atom. The van der Waals surface area contributed by atoms with Gasteiger partial charge in [0.05, 0.1) is 5.69 Å². The Labute approximate surface area is 104 Å². The molecule has 0 saturated heterocycles. The molecule has 0 spiro atoms. The SMILES string of the molecule is CCc1cc(CC)n(-c2nccc(C(=O)O)n2)n1. The molecule has 2 heterocycles. The molecule has 0 aliphatic rings. The maximum Gasteiger partial charge on any atom is 0.354 e. The highest BCUT2D eigenvalue weighted by molar-refractivity contribution is 5.85. The molecule has 0 radical (unpaired) electrons. The van der Waals surface area contributed by atoms with Crippen molar-refractivity contribution in [2.45, 2.75) is 26.7 Å². The van der Waals surface area contributed by atoms with Gasteiger partial charge in [-0.3, -0.25) is 0 Å². The van der Waals surface area contributed by atoms with Gasteiger partial charge < -0.3 is 5.11 Å². The molecule has 2 rings (SSSR count). The molecule has 0 aliphatic heterocycles. The third kappa shape index (κ3) is 2.22. The van der Waals surface area contributed by atoms with E-state index < -0.39 is 5.97 Å². The van der Waals surface area contributed by atoms with Crippen LogP contribution >= 0.6 is 0 Å². The Balaban J connectivity index is 2.50. The van der Waals surface area contributed by atoms with Crippen LogP contribution in [0.2, 0.25) is 0 Å². The highest BCUT2D eigenvalue weighted by Crippen LogP contribution is 2.11. The Hall–Kier alpha value is -2.24. The van der Waals surface area contributed by atoms with Crippen molar-refractivity contribution in [1.29, 1.82) is 0 Å². The first-order chi connectivity index (χ1) is 8.65. The summed E-state index contributed by atoms with van der Waals surface area (Å²) < 4.78 is 1.60. The van der Waals surface area contributed by atoms with Crippen molar-refractivity contribution < 1.29 is 9.90 Å². The molecule has 0 aromatic carbocycles. The normalized spacial score (nSPS) is 10.6. The maximum absolute atomic E-state index is 10.9. The number of aromatic carboxylic acids is 1. The summed E-state index contributed by atoms with van der Waals surface area (Å²) in [6, 6.07) is 3.35. The fraction of sp³-hybridized carbons (Fsp3) is 0.333. The molecule has 6 heteroatoms. The Kier molecular flexibility index (Phi) is 3.36. The summed E-state index contributed by atoms with van der Waals surface area (Å²) in [6.45, 7) is 4.02. The second-order valence-electron chi connectivity index (χ2n) is 3.79. The summed E-state index contributed by atoms with van der Waals surface area (Å²) in [6.07, 6.45) is 3.03. The lowest BCUT2D eigenvalue weighted by Gasteiger charge is -2.03. The number of carboxylic acids is 1. The first-order valence-electron chi connectivity index (χ1n) is 5.80. The summed E-state index contributed by atoms with van der Waals surface area (Å²) in [4.78, 5) is 18.9. The molecule has 2 aromatic heterocycles. The molecule has 0 unspecified atom stereocenters. The molecule has 1 N–H and O–H groups in total. The van der Waals surface area contributed by atoms with Crippen LogP contribution in [0.5, 0.6) is 0 Å². The van der Waals surface area contributed by atoms with Crippen LogP contribution in [0.3, 0.4) is 0 Å². The van der Waals surface area contributed by atoms with Gasteiger partial charge in [-0.05, 0) is 25.0 Å². The predicted molar refractivity (Wildman–Crippen MR) is 64.9 cm³/mol. The van der Waals surface area contributed by atoms with Crippen molar-refractivity contribution in [3.63, 3.8) is 0 Å². The van der Waals surface area contributed by atoms with E-state index in [1.807, 2.05) is 19.9 Å². The number of aromatic nitrogens is 4. The van der Waals surface area contributed by atoms with Gasteiger partial charge in [-0.15, -0.1) is 0 Å². The molecule has 0 aliphatic carbocycles. The molecule has 0 saturated carbocycles. The van der Waals surface area contributed by atoms with Crippen LogP contribution in [-0.4, -0.2) is 30.8 Å². The van der Waals surface area contributed by atoms with Crippen molar-refractivity contribution >= 4 is 5.97 Å². The summed E-state index contributed by atoms with van der Waals surface area (Å²) in [5.41, 5.74) is 1.88. The van der Waals surface area contributed by atoms with E-state index in [0.29, 0.717) is 5.95 Å². The second-order valence-corrected chi connectivity index (χ2v) is 3.79. The first-order valence-corrected chi connectivity index (χ1v) is 5.80. The van der Waals surface area contributed by atoms with Crippen LogP contribution in [0.25, 0.3) is 5.95 Å². The number of rotatable bonds is 4. The number of nitrogens with zero attached hydrogens (tertiary/aromatic N) is 4. The molecule has 2 aromatic rings. The van der Waals surface area contributed by atoms with Gasteiger partial charge in [0.2, 0.25) is 0 Å². The van der Waals surface area contributed by atoms with Crippen LogP contribution in [-0.2, 0) is 12.8 Å². The Morgan fingerprint density at radius 2 is 2.17 bits per heavy atom. The minimum absolute atomic E-state index is 0.0319. The number of carbonyl (C=O) groups is 1. The van der Waals surface area contributed by atoms with E-state index in [2.05, 4.69) is 15.1 Å². The van der Waals surface area contributed by atoms with Gasteiger partial charge in [0.1, 0.15) is 0 Å². The third-order valence-corrected chi connectivity index (χ3v) is 2.61. The van der Waals surface area contributed by atoms with Gasteiger partial charge in [-0.1, -0.05) is 13.8 Å². The van der Waals surface area contributed by atoms with E-state index in [-0.39, 0.29) is 5.69 Å². The monoisotopic (exact) mass is 246 g/mol. The van der Waals surface area contributed by atoms with Crippen molar-refractivity contribution in [1.82, 2.24) is 19.7 Å². The van der Waals surface area contributed by atoms with Crippen LogP contribution in [0.15, 0.2) is 18.3 Å². The minimum atomic E-state index is -1.07. The first kappa shape index (κ1) is 12.2. The topological polar surface area (TPSA) is 80.9 Å².